The van der Waals surface area contributed by atoms with Crippen molar-refractivity contribution in [3.05, 3.63) is 70.2 Å². The van der Waals surface area contributed by atoms with Gasteiger partial charge >= 0.3 is 0 Å². The zero-order valence-electron chi connectivity index (χ0n) is 21.0. The average Bonchev–Trinajstić information content (AvgIpc) is 3.18. The molecule has 2 aromatic carbocycles. The number of aryl methyl sites for hydroxylation is 1. The number of rotatable bonds is 8. The number of nitrogens with two attached hydrogens (primary N) is 2. The molecule has 36 heavy (non-hydrogen) atoms. The van der Waals surface area contributed by atoms with Crippen LogP contribution in [0.4, 0.5) is 11.4 Å². The van der Waals surface area contributed by atoms with Crippen LogP contribution in [-0.2, 0) is 4.79 Å². The Balaban J connectivity index is 2.22. The van der Waals surface area contributed by atoms with Crippen LogP contribution in [0.5, 0.6) is 5.75 Å². The Bertz CT molecular complexity index is 1260. The van der Waals surface area contributed by atoms with Gasteiger partial charge in [0.15, 0.2) is 5.69 Å². The molecular weight excluding hydrogens is 478 g/mol. The molecule has 9 nitrogen and oxygen atoms in total. The summed E-state index contributed by atoms with van der Waals surface area (Å²) in [5.74, 6) is -1.16. The Kier molecular flexibility index (Phi) is 7.99. The van der Waals surface area contributed by atoms with E-state index in [0.29, 0.717) is 23.6 Å². The normalized spacial score (nSPS) is 12.0. The molecule has 0 aliphatic carbocycles. The number of amides is 3. The molecule has 10 heteroatoms. The molecule has 0 saturated carbocycles. The minimum Gasteiger partial charge on any atom is -0.494 e. The maximum absolute atomic E-state index is 14.0. The predicted molar refractivity (Wildman–Crippen MR) is 141 cm³/mol. The molecule has 5 N–H and O–H groups in total. The summed E-state index contributed by atoms with van der Waals surface area (Å²) in [4.78, 5) is 40.9. The highest BCUT2D eigenvalue weighted by molar-refractivity contribution is 7.09. The van der Waals surface area contributed by atoms with Gasteiger partial charge in [0.05, 0.1) is 12.3 Å². The van der Waals surface area contributed by atoms with Crippen molar-refractivity contribution in [1.29, 1.82) is 0 Å². The van der Waals surface area contributed by atoms with Crippen molar-refractivity contribution in [3.63, 3.8) is 0 Å². The van der Waals surface area contributed by atoms with Crippen molar-refractivity contribution in [3.8, 4) is 5.75 Å². The van der Waals surface area contributed by atoms with Gasteiger partial charge in [-0.05, 0) is 81.5 Å². The van der Waals surface area contributed by atoms with E-state index < -0.39 is 23.4 Å². The number of hydrogen-bond acceptors (Lipinski definition) is 7. The van der Waals surface area contributed by atoms with Gasteiger partial charge in [0.1, 0.15) is 16.7 Å². The highest BCUT2D eigenvalue weighted by Crippen LogP contribution is 2.34. The number of carbonyl (C=O) groups excluding carboxylic acids is 3. The van der Waals surface area contributed by atoms with E-state index in [1.165, 1.54) is 4.90 Å². The molecule has 0 bridgehead atoms. The maximum Gasteiger partial charge on any atom is 0.273 e. The van der Waals surface area contributed by atoms with Gasteiger partial charge in [-0.25, -0.2) is 0 Å². The molecule has 0 spiro atoms. The Morgan fingerprint density at radius 1 is 1.14 bits per heavy atom. The molecule has 1 aromatic heterocycles. The van der Waals surface area contributed by atoms with Crippen LogP contribution in [-0.4, -0.2) is 34.2 Å². The Morgan fingerprint density at radius 2 is 1.81 bits per heavy atom. The first-order valence-corrected chi connectivity index (χ1v) is 12.2. The van der Waals surface area contributed by atoms with Crippen LogP contribution in [0.3, 0.4) is 0 Å². The number of anilines is 2. The minimum absolute atomic E-state index is 0.0183. The number of carbonyl (C=O) groups is 3. The molecular formula is C26H31N5O4S. The Hall–Kier alpha value is -3.92. The van der Waals surface area contributed by atoms with E-state index in [9.17, 15) is 14.4 Å². The summed E-state index contributed by atoms with van der Waals surface area (Å²) in [6.45, 7) is 9.84. The summed E-state index contributed by atoms with van der Waals surface area (Å²) in [5, 5.41) is 2.99. The van der Waals surface area contributed by atoms with Gasteiger partial charge < -0.3 is 21.5 Å². The zero-order valence-corrected chi connectivity index (χ0v) is 21.8. The number of benzene rings is 2. The second-order valence-electron chi connectivity index (χ2n) is 9.30. The van der Waals surface area contributed by atoms with Crippen LogP contribution in [0.15, 0.2) is 48.5 Å². The number of nitrogens with zero attached hydrogens (tertiary/aromatic N) is 2. The SMILES string of the molecule is CCOc1ccc([C@@H](C(=O)NC(C)(C)C)N(C(=O)c2snc(C(N)=O)c2N)c2cccc(C)c2)cc1. The summed E-state index contributed by atoms with van der Waals surface area (Å²) < 4.78 is 9.53. The Labute approximate surface area is 214 Å². The molecule has 3 amide bonds. The summed E-state index contributed by atoms with van der Waals surface area (Å²) in [7, 11) is 0. The van der Waals surface area contributed by atoms with Gasteiger partial charge in [0.2, 0.25) is 5.91 Å². The van der Waals surface area contributed by atoms with Gasteiger partial charge in [-0.3, -0.25) is 19.3 Å². The van der Waals surface area contributed by atoms with Gasteiger partial charge in [0.25, 0.3) is 11.8 Å². The van der Waals surface area contributed by atoms with E-state index in [1.54, 1.807) is 42.5 Å². The topological polar surface area (TPSA) is 141 Å². The predicted octanol–water partition coefficient (Wildman–Crippen LogP) is 3.83. The van der Waals surface area contributed by atoms with Crippen LogP contribution in [0, 0.1) is 6.92 Å². The maximum atomic E-state index is 14.0. The third-order valence-electron chi connectivity index (χ3n) is 5.17. The molecule has 3 rings (SSSR count). The van der Waals surface area contributed by atoms with Crippen LogP contribution < -0.4 is 26.4 Å². The standard InChI is InChI=1S/C26H31N5O4S/c1-6-35-18-12-10-16(11-13-18)21(24(33)29-26(3,4)5)31(17-9-7-8-15(2)14-17)25(34)22-19(27)20(23(28)32)30-36-22/h7-14,21H,6,27H2,1-5H3,(H2,28,32)(H,29,33)/t21-/m0/s1. The zero-order chi connectivity index (χ0) is 26.6. The average molecular weight is 510 g/mol. The molecule has 0 aliphatic rings. The monoisotopic (exact) mass is 509 g/mol. The van der Waals surface area contributed by atoms with Gasteiger partial charge in [0, 0.05) is 11.2 Å². The lowest BCUT2D eigenvalue weighted by molar-refractivity contribution is -0.123. The third kappa shape index (κ3) is 6.01. The first-order chi connectivity index (χ1) is 16.9. The number of nitrogens with one attached hydrogen (secondary N) is 1. The van der Waals surface area contributed by atoms with Crippen molar-refractivity contribution in [1.82, 2.24) is 9.69 Å². The smallest absolute Gasteiger partial charge is 0.273 e. The van der Waals surface area contributed by atoms with Crippen molar-refractivity contribution in [2.45, 2.75) is 46.2 Å². The minimum atomic E-state index is -1.06. The van der Waals surface area contributed by atoms with Crippen molar-refractivity contribution in [2.75, 3.05) is 17.2 Å². The molecule has 3 aromatic rings. The van der Waals surface area contributed by atoms with Crippen LogP contribution in [0.1, 0.15) is 65.0 Å². The first-order valence-electron chi connectivity index (χ1n) is 11.4. The Morgan fingerprint density at radius 3 is 2.33 bits per heavy atom. The summed E-state index contributed by atoms with van der Waals surface area (Å²) in [5.41, 5.74) is 12.6. The molecule has 0 radical (unpaired) electrons. The number of nitrogen functional groups attached to an aromatic ring is 1. The summed E-state index contributed by atoms with van der Waals surface area (Å²) >= 11 is 0.768. The number of ether oxygens (including phenoxy) is 1. The summed E-state index contributed by atoms with van der Waals surface area (Å²) in [6, 6.07) is 13.2. The lowest BCUT2D eigenvalue weighted by Crippen LogP contribution is -2.49. The fourth-order valence-corrected chi connectivity index (χ4v) is 4.41. The molecule has 0 saturated heterocycles. The molecule has 0 fully saturated rings. The molecule has 1 atom stereocenters. The fourth-order valence-electron chi connectivity index (χ4n) is 3.67. The quantitative estimate of drug-likeness (QED) is 0.421. The first kappa shape index (κ1) is 26.7. The highest BCUT2D eigenvalue weighted by Gasteiger charge is 2.37. The largest absolute Gasteiger partial charge is 0.494 e. The third-order valence-corrected chi connectivity index (χ3v) is 6.02. The van der Waals surface area contributed by atoms with E-state index in [2.05, 4.69) is 9.69 Å². The molecule has 1 heterocycles. The van der Waals surface area contributed by atoms with E-state index in [4.69, 9.17) is 16.2 Å². The highest BCUT2D eigenvalue weighted by atomic mass is 32.1. The molecule has 190 valence electrons. The molecule has 0 aliphatic heterocycles. The van der Waals surface area contributed by atoms with Crippen molar-refractivity contribution < 1.29 is 19.1 Å². The van der Waals surface area contributed by atoms with Crippen LogP contribution in [0.2, 0.25) is 0 Å². The fraction of sp³-hybridized carbons (Fsp3) is 0.308. The van der Waals surface area contributed by atoms with E-state index in [0.717, 1.165) is 17.1 Å². The van der Waals surface area contributed by atoms with Crippen molar-refractivity contribution >= 4 is 40.6 Å². The van der Waals surface area contributed by atoms with Crippen LogP contribution in [0.25, 0.3) is 0 Å². The van der Waals surface area contributed by atoms with Gasteiger partial charge in [-0.15, -0.1) is 0 Å². The van der Waals surface area contributed by atoms with Gasteiger partial charge in [-0.2, -0.15) is 4.37 Å². The van der Waals surface area contributed by atoms with E-state index >= 15 is 0 Å². The molecule has 0 unspecified atom stereocenters. The summed E-state index contributed by atoms with van der Waals surface area (Å²) in [6.07, 6.45) is 0. The number of hydrogen-bond donors (Lipinski definition) is 3. The van der Waals surface area contributed by atoms with Gasteiger partial charge in [-0.1, -0.05) is 24.3 Å². The van der Waals surface area contributed by atoms with E-state index in [-0.39, 0.29) is 22.2 Å². The van der Waals surface area contributed by atoms with E-state index in [1.807, 2.05) is 40.7 Å². The lowest BCUT2D eigenvalue weighted by atomic mass is 10.00. The lowest BCUT2D eigenvalue weighted by Gasteiger charge is -2.33. The number of primary amides is 1. The van der Waals surface area contributed by atoms with Crippen molar-refractivity contribution in [2.24, 2.45) is 5.73 Å². The second-order valence-corrected chi connectivity index (χ2v) is 10.1. The second kappa shape index (κ2) is 10.8. The number of aromatic nitrogens is 1. The van der Waals surface area contributed by atoms with Crippen LogP contribution >= 0.6 is 11.5 Å².